The summed E-state index contributed by atoms with van der Waals surface area (Å²) in [5, 5.41) is 0.647. The van der Waals surface area contributed by atoms with Gasteiger partial charge in [-0.2, -0.15) is 0 Å². The first kappa shape index (κ1) is 16.2. The average Bonchev–Trinajstić information content (AvgIpc) is 2.54. The summed E-state index contributed by atoms with van der Waals surface area (Å²) in [5.41, 5.74) is 0.550. The van der Waals surface area contributed by atoms with Gasteiger partial charge in [-0.3, -0.25) is 4.79 Å². The zero-order valence-corrected chi connectivity index (χ0v) is 13.0. The van der Waals surface area contributed by atoms with Gasteiger partial charge >= 0.3 is 0 Å². The topological polar surface area (TPSA) is 44.8 Å². The van der Waals surface area contributed by atoms with Crippen LogP contribution in [0, 0.1) is 0 Å². The Balaban J connectivity index is 1.78. The lowest BCUT2D eigenvalue weighted by atomic mass is 10.2. The van der Waals surface area contributed by atoms with Gasteiger partial charge in [-0.15, -0.1) is 0 Å². The third-order valence-electron chi connectivity index (χ3n) is 2.93. The molecule has 22 heavy (non-hydrogen) atoms. The van der Waals surface area contributed by atoms with Crippen LogP contribution in [0.25, 0.3) is 0 Å². The SMILES string of the molecule is COc1cc(C=O)ccc1OCCCOc1cccc(Cl)c1. The fraction of sp³-hybridized carbons (Fsp3) is 0.235. The van der Waals surface area contributed by atoms with E-state index in [0.717, 1.165) is 12.0 Å². The first-order valence-corrected chi connectivity index (χ1v) is 7.25. The van der Waals surface area contributed by atoms with E-state index in [1.54, 1.807) is 37.4 Å². The van der Waals surface area contributed by atoms with Crippen molar-refractivity contribution in [3.8, 4) is 17.2 Å². The van der Waals surface area contributed by atoms with Crippen molar-refractivity contribution < 1.29 is 19.0 Å². The molecular formula is C17H17ClO4. The van der Waals surface area contributed by atoms with E-state index < -0.39 is 0 Å². The molecule has 0 saturated carbocycles. The second-order valence-corrected chi connectivity index (χ2v) is 4.97. The van der Waals surface area contributed by atoms with E-state index in [9.17, 15) is 4.79 Å². The van der Waals surface area contributed by atoms with Crippen molar-refractivity contribution in [2.75, 3.05) is 20.3 Å². The van der Waals surface area contributed by atoms with Gasteiger partial charge in [0.1, 0.15) is 12.0 Å². The highest BCUT2D eigenvalue weighted by molar-refractivity contribution is 6.30. The molecule has 2 aromatic carbocycles. The minimum absolute atomic E-state index is 0.483. The monoisotopic (exact) mass is 320 g/mol. The number of benzene rings is 2. The van der Waals surface area contributed by atoms with E-state index in [-0.39, 0.29) is 0 Å². The van der Waals surface area contributed by atoms with Crippen molar-refractivity contribution in [2.24, 2.45) is 0 Å². The van der Waals surface area contributed by atoms with Crippen molar-refractivity contribution in [3.05, 3.63) is 53.1 Å². The normalized spacial score (nSPS) is 10.1. The Morgan fingerprint density at radius 1 is 1.05 bits per heavy atom. The molecule has 0 aliphatic heterocycles. The van der Waals surface area contributed by atoms with Gasteiger partial charge in [0.05, 0.1) is 20.3 Å². The van der Waals surface area contributed by atoms with Gasteiger partial charge in [-0.25, -0.2) is 0 Å². The highest BCUT2D eigenvalue weighted by Crippen LogP contribution is 2.27. The second-order valence-electron chi connectivity index (χ2n) is 4.54. The van der Waals surface area contributed by atoms with Crippen LogP contribution < -0.4 is 14.2 Å². The van der Waals surface area contributed by atoms with E-state index in [4.69, 9.17) is 25.8 Å². The van der Waals surface area contributed by atoms with Crippen LogP contribution in [0.2, 0.25) is 5.02 Å². The molecule has 0 bridgehead atoms. The fourth-order valence-corrected chi connectivity index (χ4v) is 2.04. The molecule has 0 atom stereocenters. The second kappa shape index (κ2) is 8.29. The van der Waals surface area contributed by atoms with Gasteiger partial charge in [-0.1, -0.05) is 17.7 Å². The molecule has 0 N–H and O–H groups in total. The van der Waals surface area contributed by atoms with E-state index in [0.29, 0.717) is 41.7 Å². The largest absolute Gasteiger partial charge is 0.493 e. The summed E-state index contributed by atoms with van der Waals surface area (Å²) in [5.74, 6) is 1.89. The Morgan fingerprint density at radius 3 is 2.59 bits per heavy atom. The van der Waals surface area contributed by atoms with Crippen LogP contribution in [0.1, 0.15) is 16.8 Å². The lowest BCUT2D eigenvalue weighted by Gasteiger charge is -2.11. The number of halogens is 1. The number of hydrogen-bond acceptors (Lipinski definition) is 4. The van der Waals surface area contributed by atoms with E-state index >= 15 is 0 Å². The Labute approximate surface area is 134 Å². The predicted molar refractivity (Wildman–Crippen MR) is 85.4 cm³/mol. The molecule has 0 unspecified atom stereocenters. The van der Waals surface area contributed by atoms with Gasteiger partial charge in [0.15, 0.2) is 11.5 Å². The van der Waals surface area contributed by atoms with Crippen LogP contribution in [0.4, 0.5) is 0 Å². The van der Waals surface area contributed by atoms with Crippen LogP contribution in [0.3, 0.4) is 0 Å². The van der Waals surface area contributed by atoms with Crippen LogP contribution in [-0.2, 0) is 0 Å². The summed E-state index contributed by atoms with van der Waals surface area (Å²) >= 11 is 5.88. The zero-order chi connectivity index (χ0) is 15.8. The zero-order valence-electron chi connectivity index (χ0n) is 12.3. The number of ether oxygens (including phenoxy) is 3. The fourth-order valence-electron chi connectivity index (χ4n) is 1.86. The molecule has 0 aliphatic carbocycles. The first-order chi connectivity index (χ1) is 10.7. The molecule has 2 aromatic rings. The van der Waals surface area contributed by atoms with Crippen molar-refractivity contribution >= 4 is 17.9 Å². The van der Waals surface area contributed by atoms with Crippen molar-refractivity contribution in [1.82, 2.24) is 0 Å². The van der Waals surface area contributed by atoms with E-state index in [1.807, 2.05) is 12.1 Å². The number of rotatable bonds is 8. The number of methoxy groups -OCH3 is 1. The lowest BCUT2D eigenvalue weighted by Crippen LogP contribution is -2.05. The Morgan fingerprint density at radius 2 is 1.86 bits per heavy atom. The molecule has 0 spiro atoms. The standard InChI is InChI=1S/C17H17ClO4/c1-20-17-10-13(12-19)6-7-16(17)22-9-3-8-21-15-5-2-4-14(18)11-15/h2,4-7,10-12H,3,8-9H2,1H3. The minimum Gasteiger partial charge on any atom is -0.493 e. The maximum absolute atomic E-state index is 10.7. The maximum atomic E-state index is 10.7. The minimum atomic E-state index is 0.483. The summed E-state index contributed by atoms with van der Waals surface area (Å²) in [6.07, 6.45) is 1.48. The molecule has 0 aromatic heterocycles. The predicted octanol–water partition coefficient (Wildman–Crippen LogP) is 4.01. The molecule has 0 heterocycles. The average molecular weight is 321 g/mol. The van der Waals surface area contributed by atoms with Crippen LogP contribution in [-0.4, -0.2) is 26.6 Å². The Hall–Kier alpha value is -2.20. The molecule has 5 heteroatoms. The number of carbonyl (C=O) groups is 1. The van der Waals surface area contributed by atoms with Crippen molar-refractivity contribution in [1.29, 1.82) is 0 Å². The number of carbonyl (C=O) groups excluding carboxylic acids is 1. The molecular weight excluding hydrogens is 304 g/mol. The summed E-state index contributed by atoms with van der Waals surface area (Å²) in [4.78, 5) is 10.7. The molecule has 0 amide bonds. The highest BCUT2D eigenvalue weighted by atomic mass is 35.5. The molecule has 4 nitrogen and oxygen atoms in total. The van der Waals surface area contributed by atoms with Gasteiger partial charge in [0, 0.05) is 17.0 Å². The third-order valence-corrected chi connectivity index (χ3v) is 3.17. The van der Waals surface area contributed by atoms with Gasteiger partial charge in [0.2, 0.25) is 0 Å². The van der Waals surface area contributed by atoms with Gasteiger partial charge in [0.25, 0.3) is 0 Å². The molecule has 0 radical (unpaired) electrons. The number of hydrogen-bond donors (Lipinski definition) is 0. The smallest absolute Gasteiger partial charge is 0.161 e. The molecule has 2 rings (SSSR count). The summed E-state index contributed by atoms with van der Waals surface area (Å²) in [6.45, 7) is 1.01. The van der Waals surface area contributed by atoms with E-state index in [2.05, 4.69) is 0 Å². The molecule has 0 fully saturated rings. The third kappa shape index (κ3) is 4.67. The number of aldehydes is 1. The van der Waals surface area contributed by atoms with Crippen molar-refractivity contribution in [3.63, 3.8) is 0 Å². The molecule has 0 aliphatic rings. The van der Waals surface area contributed by atoms with Gasteiger partial charge < -0.3 is 14.2 Å². The first-order valence-electron chi connectivity index (χ1n) is 6.87. The van der Waals surface area contributed by atoms with E-state index in [1.165, 1.54) is 0 Å². The quantitative estimate of drug-likeness (QED) is 0.544. The molecule has 0 saturated heterocycles. The summed E-state index contributed by atoms with van der Waals surface area (Å²) < 4.78 is 16.4. The Bertz CT molecular complexity index is 628. The highest BCUT2D eigenvalue weighted by Gasteiger charge is 2.05. The Kier molecular flexibility index (Phi) is 6.10. The maximum Gasteiger partial charge on any atom is 0.161 e. The van der Waals surface area contributed by atoms with Crippen LogP contribution in [0.5, 0.6) is 17.2 Å². The van der Waals surface area contributed by atoms with Crippen LogP contribution >= 0.6 is 11.6 Å². The van der Waals surface area contributed by atoms with Crippen molar-refractivity contribution in [2.45, 2.75) is 6.42 Å². The molecule has 116 valence electrons. The lowest BCUT2D eigenvalue weighted by molar-refractivity contribution is 0.112. The van der Waals surface area contributed by atoms with Crippen LogP contribution in [0.15, 0.2) is 42.5 Å². The summed E-state index contributed by atoms with van der Waals surface area (Å²) in [6, 6.07) is 12.3. The van der Waals surface area contributed by atoms with Gasteiger partial charge in [-0.05, 0) is 36.4 Å². The summed E-state index contributed by atoms with van der Waals surface area (Å²) in [7, 11) is 1.54.